The minimum absolute atomic E-state index is 0.219. The first-order valence-corrected chi connectivity index (χ1v) is 8.24. The normalized spacial score (nSPS) is 17.6. The Morgan fingerprint density at radius 2 is 1.95 bits per heavy atom. The molecule has 1 fully saturated rings. The van der Waals surface area contributed by atoms with Gasteiger partial charge in [0.05, 0.1) is 17.9 Å². The quantitative estimate of drug-likeness (QED) is 0.668. The molecule has 0 spiro atoms. The van der Waals surface area contributed by atoms with Gasteiger partial charge in [0.25, 0.3) is 0 Å². The van der Waals surface area contributed by atoms with Crippen LogP contribution < -0.4 is 5.73 Å². The van der Waals surface area contributed by atoms with Gasteiger partial charge in [0, 0.05) is 18.8 Å². The zero-order chi connectivity index (χ0) is 15.6. The molecule has 2 rings (SSSR count). The first-order valence-electron chi connectivity index (χ1n) is 6.80. The number of ether oxygens (including phenoxy) is 1. The molecule has 1 heterocycles. The number of hydrogen-bond donors (Lipinski definition) is 1. The Kier molecular flexibility index (Phi) is 4.53. The van der Waals surface area contributed by atoms with Crippen molar-refractivity contribution in [2.75, 3.05) is 25.9 Å². The molecule has 1 aliphatic rings. The van der Waals surface area contributed by atoms with Crippen LogP contribution in [-0.2, 0) is 19.6 Å². The van der Waals surface area contributed by atoms with E-state index >= 15 is 0 Å². The number of nitrogens with two attached hydrogens (primary N) is 1. The highest BCUT2D eigenvalue weighted by atomic mass is 32.2. The van der Waals surface area contributed by atoms with Crippen molar-refractivity contribution >= 4 is 21.7 Å². The highest BCUT2D eigenvalue weighted by molar-refractivity contribution is 7.89. The number of carbonyl (C=O) groups excluding carboxylic acids is 1. The van der Waals surface area contributed by atoms with Crippen molar-refractivity contribution in [3.8, 4) is 0 Å². The summed E-state index contributed by atoms with van der Waals surface area (Å²) in [6.07, 6.45) is 0.959. The second-order valence-electron chi connectivity index (χ2n) is 5.23. The molecule has 0 radical (unpaired) electrons. The van der Waals surface area contributed by atoms with Crippen LogP contribution in [0, 0.1) is 12.8 Å². The van der Waals surface area contributed by atoms with Crippen molar-refractivity contribution < 1.29 is 17.9 Å². The number of esters is 1. The van der Waals surface area contributed by atoms with Crippen molar-refractivity contribution in [1.82, 2.24) is 4.31 Å². The number of carbonyl (C=O) groups is 1. The number of methoxy groups -OCH3 is 1. The molecule has 0 aromatic heterocycles. The van der Waals surface area contributed by atoms with E-state index in [-0.39, 0.29) is 16.8 Å². The highest BCUT2D eigenvalue weighted by Crippen LogP contribution is 2.27. The predicted octanol–water partition coefficient (Wildman–Crippen LogP) is 1.15. The fraction of sp³-hybridized carbons (Fsp3) is 0.500. The van der Waals surface area contributed by atoms with E-state index in [4.69, 9.17) is 10.5 Å². The SMILES string of the molecule is COC(=O)C1CCN(S(=O)(=O)c2cc(N)ccc2C)CC1. The molecule has 0 unspecified atom stereocenters. The largest absolute Gasteiger partial charge is 0.469 e. The Morgan fingerprint density at radius 1 is 1.33 bits per heavy atom. The van der Waals surface area contributed by atoms with Gasteiger partial charge in [-0.25, -0.2) is 8.42 Å². The average Bonchev–Trinajstić information content (AvgIpc) is 2.49. The second kappa shape index (κ2) is 6.03. The monoisotopic (exact) mass is 312 g/mol. The second-order valence-corrected chi connectivity index (χ2v) is 7.13. The van der Waals surface area contributed by atoms with Crippen LogP contribution in [0.2, 0.25) is 0 Å². The minimum Gasteiger partial charge on any atom is -0.469 e. The minimum atomic E-state index is -3.57. The number of nitrogen functional groups attached to an aromatic ring is 1. The Morgan fingerprint density at radius 3 is 2.52 bits per heavy atom. The molecule has 21 heavy (non-hydrogen) atoms. The predicted molar refractivity (Wildman–Crippen MR) is 79.1 cm³/mol. The maximum atomic E-state index is 12.7. The molecule has 2 N–H and O–H groups in total. The number of hydrogen-bond acceptors (Lipinski definition) is 5. The highest BCUT2D eigenvalue weighted by Gasteiger charge is 2.33. The molecular weight excluding hydrogens is 292 g/mol. The first-order chi connectivity index (χ1) is 9.86. The Balaban J connectivity index is 2.19. The van der Waals surface area contributed by atoms with Crippen LogP contribution in [0.3, 0.4) is 0 Å². The van der Waals surface area contributed by atoms with Crippen LogP contribution in [-0.4, -0.2) is 38.9 Å². The molecule has 0 atom stereocenters. The summed E-state index contributed by atoms with van der Waals surface area (Å²) in [5, 5.41) is 0. The lowest BCUT2D eigenvalue weighted by molar-refractivity contribution is -0.146. The van der Waals surface area contributed by atoms with Gasteiger partial charge in [-0.3, -0.25) is 4.79 Å². The lowest BCUT2D eigenvalue weighted by atomic mass is 9.99. The smallest absolute Gasteiger partial charge is 0.308 e. The van der Waals surface area contributed by atoms with Crippen molar-refractivity contribution in [3.05, 3.63) is 23.8 Å². The van der Waals surface area contributed by atoms with Crippen molar-refractivity contribution in [2.45, 2.75) is 24.7 Å². The zero-order valence-electron chi connectivity index (χ0n) is 12.2. The fourth-order valence-corrected chi connectivity index (χ4v) is 4.26. The number of anilines is 1. The molecule has 6 nitrogen and oxygen atoms in total. The van der Waals surface area contributed by atoms with E-state index in [0.717, 1.165) is 0 Å². The van der Waals surface area contributed by atoms with E-state index in [9.17, 15) is 13.2 Å². The molecular formula is C14H20N2O4S. The topological polar surface area (TPSA) is 89.7 Å². The zero-order valence-corrected chi connectivity index (χ0v) is 13.0. The molecule has 1 aromatic carbocycles. The van der Waals surface area contributed by atoms with E-state index in [1.54, 1.807) is 19.1 Å². The molecule has 0 bridgehead atoms. The van der Waals surface area contributed by atoms with Gasteiger partial charge in [-0.05, 0) is 37.5 Å². The number of benzene rings is 1. The summed E-state index contributed by atoms with van der Waals surface area (Å²) >= 11 is 0. The van der Waals surface area contributed by atoms with Gasteiger partial charge in [0.15, 0.2) is 0 Å². The lowest BCUT2D eigenvalue weighted by Crippen LogP contribution is -2.40. The van der Waals surface area contributed by atoms with Gasteiger partial charge in [-0.1, -0.05) is 6.07 Å². The van der Waals surface area contributed by atoms with Crippen LogP contribution in [0.1, 0.15) is 18.4 Å². The van der Waals surface area contributed by atoms with Gasteiger partial charge < -0.3 is 10.5 Å². The molecule has 1 saturated heterocycles. The number of aryl methyl sites for hydroxylation is 1. The number of rotatable bonds is 3. The summed E-state index contributed by atoms with van der Waals surface area (Å²) in [7, 11) is -2.22. The van der Waals surface area contributed by atoms with Crippen molar-refractivity contribution in [3.63, 3.8) is 0 Å². The molecule has 116 valence electrons. The average molecular weight is 312 g/mol. The van der Waals surface area contributed by atoms with Crippen LogP contribution in [0.4, 0.5) is 5.69 Å². The molecule has 7 heteroatoms. The fourth-order valence-electron chi connectivity index (χ4n) is 2.53. The van der Waals surface area contributed by atoms with Crippen molar-refractivity contribution in [2.24, 2.45) is 5.92 Å². The van der Waals surface area contributed by atoms with E-state index in [1.807, 2.05) is 0 Å². The molecule has 0 aliphatic carbocycles. The van der Waals surface area contributed by atoms with Crippen LogP contribution in [0.15, 0.2) is 23.1 Å². The molecule has 0 amide bonds. The number of sulfonamides is 1. The third-order valence-corrected chi connectivity index (χ3v) is 5.86. The molecule has 0 saturated carbocycles. The van der Waals surface area contributed by atoms with E-state index in [2.05, 4.69) is 0 Å². The van der Waals surface area contributed by atoms with Gasteiger partial charge in [-0.2, -0.15) is 4.31 Å². The van der Waals surface area contributed by atoms with E-state index < -0.39 is 10.0 Å². The van der Waals surface area contributed by atoms with Crippen LogP contribution in [0.5, 0.6) is 0 Å². The van der Waals surface area contributed by atoms with E-state index in [1.165, 1.54) is 17.5 Å². The Hall–Kier alpha value is -1.60. The Labute approximate surface area is 124 Å². The summed E-state index contributed by atoms with van der Waals surface area (Å²) in [6, 6.07) is 4.86. The van der Waals surface area contributed by atoms with Gasteiger partial charge in [0.2, 0.25) is 10.0 Å². The van der Waals surface area contributed by atoms with Gasteiger partial charge in [-0.15, -0.1) is 0 Å². The maximum absolute atomic E-state index is 12.7. The Bertz CT molecular complexity index is 634. The summed E-state index contributed by atoms with van der Waals surface area (Å²) in [5.74, 6) is -0.490. The van der Waals surface area contributed by atoms with Crippen LogP contribution in [0.25, 0.3) is 0 Å². The number of nitrogens with zero attached hydrogens (tertiary/aromatic N) is 1. The lowest BCUT2D eigenvalue weighted by Gasteiger charge is -2.30. The molecule has 1 aromatic rings. The third-order valence-electron chi connectivity index (χ3n) is 3.82. The summed E-state index contributed by atoms with van der Waals surface area (Å²) in [6.45, 7) is 2.38. The summed E-state index contributed by atoms with van der Waals surface area (Å²) in [4.78, 5) is 11.7. The maximum Gasteiger partial charge on any atom is 0.308 e. The van der Waals surface area contributed by atoms with Gasteiger partial charge in [0.1, 0.15) is 0 Å². The standard InChI is InChI=1S/C14H20N2O4S/c1-10-3-4-12(15)9-13(10)21(18,19)16-7-5-11(6-8-16)14(17)20-2/h3-4,9,11H,5-8,15H2,1-2H3. The van der Waals surface area contributed by atoms with Gasteiger partial charge >= 0.3 is 5.97 Å². The van der Waals surface area contributed by atoms with Crippen molar-refractivity contribution in [1.29, 1.82) is 0 Å². The first kappa shape index (κ1) is 15.8. The summed E-state index contributed by atoms with van der Waals surface area (Å²) in [5.41, 5.74) is 6.78. The third kappa shape index (κ3) is 3.19. The summed E-state index contributed by atoms with van der Waals surface area (Å²) < 4.78 is 31.4. The molecule has 1 aliphatic heterocycles. The number of piperidine rings is 1. The van der Waals surface area contributed by atoms with Crippen LogP contribution >= 0.6 is 0 Å². The van der Waals surface area contributed by atoms with E-state index in [0.29, 0.717) is 37.2 Å².